The molecule has 0 radical (unpaired) electrons. The molecule has 0 aromatic heterocycles. The van der Waals surface area contributed by atoms with Crippen LogP contribution in [0.15, 0.2) is 0 Å². The van der Waals surface area contributed by atoms with Gasteiger partial charge in [-0.05, 0) is 6.42 Å². The highest BCUT2D eigenvalue weighted by Crippen LogP contribution is 2.20. The van der Waals surface area contributed by atoms with Crippen LogP contribution in [0, 0.1) is 0 Å². The van der Waals surface area contributed by atoms with E-state index in [1.807, 2.05) is 0 Å². The summed E-state index contributed by atoms with van der Waals surface area (Å²) in [4.78, 5) is 0. The zero-order chi connectivity index (χ0) is 15.1. The molecule has 0 rings (SSSR count). The van der Waals surface area contributed by atoms with Gasteiger partial charge < -0.3 is 5.11 Å². The standard InChI is InChI=1S/C16H37B3O/c17-16(18,19)14-12-10-8-6-4-2-1-3-5-7-9-11-13-15-20/h20H,1-15,17-19H2. The van der Waals surface area contributed by atoms with E-state index in [4.69, 9.17) is 5.11 Å². The molecular weight excluding hydrogens is 241 g/mol. The number of aliphatic hydroxyl groups excluding tert-OH is 1. The van der Waals surface area contributed by atoms with Gasteiger partial charge in [0.25, 0.3) is 0 Å². The lowest BCUT2D eigenvalue weighted by Crippen LogP contribution is -2.12. The fourth-order valence-electron chi connectivity index (χ4n) is 2.71. The maximum atomic E-state index is 8.68. The lowest BCUT2D eigenvalue weighted by atomic mass is 9.41. The van der Waals surface area contributed by atoms with Gasteiger partial charge in [0.2, 0.25) is 0 Å². The zero-order valence-corrected chi connectivity index (χ0v) is 14.6. The first kappa shape index (κ1) is 20.2. The van der Waals surface area contributed by atoms with Crippen molar-refractivity contribution in [1.82, 2.24) is 0 Å². The second-order valence-electron chi connectivity index (χ2n) is 7.63. The molecule has 1 N–H and O–H groups in total. The smallest absolute Gasteiger partial charge is 0.0908 e. The largest absolute Gasteiger partial charge is 0.396 e. The number of hydrogen-bond acceptors (Lipinski definition) is 1. The normalized spacial score (nSPS) is 11.8. The molecule has 0 spiro atoms. The zero-order valence-electron chi connectivity index (χ0n) is 14.6. The van der Waals surface area contributed by atoms with E-state index in [1.54, 1.807) is 0 Å². The molecule has 0 saturated heterocycles. The molecular formula is C16H37B3O. The molecule has 0 aliphatic heterocycles. The number of rotatable bonds is 15. The highest BCUT2D eigenvalue weighted by Gasteiger charge is 2.09. The van der Waals surface area contributed by atoms with Crippen molar-refractivity contribution in [1.29, 1.82) is 0 Å². The SMILES string of the molecule is BC(B)(B)CCCCCCCCCCCCCCCO. The molecule has 0 aromatic rings. The lowest BCUT2D eigenvalue weighted by molar-refractivity contribution is 0.282. The Bertz CT molecular complexity index is 193. The predicted octanol–water partition coefficient (Wildman–Crippen LogP) is 2.41. The van der Waals surface area contributed by atoms with Gasteiger partial charge in [0.05, 0.1) is 23.5 Å². The van der Waals surface area contributed by atoms with Crippen molar-refractivity contribution < 1.29 is 5.11 Å². The molecule has 0 unspecified atom stereocenters. The Morgan fingerprint density at radius 2 is 0.800 bits per heavy atom. The minimum atomic E-state index is 0.371. The quantitative estimate of drug-likeness (QED) is 0.360. The van der Waals surface area contributed by atoms with Crippen LogP contribution in [-0.2, 0) is 0 Å². The number of aliphatic hydroxyl groups is 1. The Hall–Kier alpha value is 0.155. The molecule has 0 aliphatic rings. The van der Waals surface area contributed by atoms with E-state index in [0.29, 0.717) is 11.7 Å². The molecule has 0 atom stereocenters. The first-order chi connectivity index (χ1) is 9.56. The van der Waals surface area contributed by atoms with Gasteiger partial charge in [-0.15, -0.1) is 5.11 Å². The van der Waals surface area contributed by atoms with Crippen LogP contribution in [0.3, 0.4) is 0 Å². The molecule has 0 fully saturated rings. The summed E-state index contributed by atoms with van der Waals surface area (Å²) in [7, 11) is 7.03. The summed E-state index contributed by atoms with van der Waals surface area (Å²) in [5, 5.41) is 9.21. The van der Waals surface area contributed by atoms with Crippen LogP contribution in [0.5, 0.6) is 0 Å². The maximum absolute atomic E-state index is 8.68. The lowest BCUT2D eigenvalue weighted by Gasteiger charge is -2.16. The van der Waals surface area contributed by atoms with Crippen LogP contribution in [0.2, 0.25) is 5.11 Å². The topological polar surface area (TPSA) is 20.2 Å². The Balaban J connectivity index is 2.99. The highest BCUT2D eigenvalue weighted by molar-refractivity contribution is 6.58. The van der Waals surface area contributed by atoms with Crippen LogP contribution < -0.4 is 0 Å². The van der Waals surface area contributed by atoms with Gasteiger partial charge in [0.15, 0.2) is 0 Å². The van der Waals surface area contributed by atoms with Gasteiger partial charge in [-0.3, -0.25) is 0 Å². The van der Waals surface area contributed by atoms with Gasteiger partial charge in [-0.1, -0.05) is 83.5 Å². The summed E-state index contributed by atoms with van der Waals surface area (Å²) >= 11 is 0. The van der Waals surface area contributed by atoms with Crippen molar-refractivity contribution in [3.63, 3.8) is 0 Å². The Morgan fingerprint density at radius 3 is 1.10 bits per heavy atom. The average Bonchev–Trinajstić information content (AvgIpc) is 2.38. The minimum absolute atomic E-state index is 0.371. The van der Waals surface area contributed by atoms with E-state index in [9.17, 15) is 0 Å². The van der Waals surface area contributed by atoms with Crippen molar-refractivity contribution in [2.75, 3.05) is 6.61 Å². The fourth-order valence-corrected chi connectivity index (χ4v) is 2.71. The summed E-state index contributed by atoms with van der Waals surface area (Å²) in [5.74, 6) is 0. The van der Waals surface area contributed by atoms with Gasteiger partial charge in [0, 0.05) is 6.61 Å². The third-order valence-electron chi connectivity index (χ3n) is 4.08. The molecule has 0 saturated carbocycles. The van der Waals surface area contributed by atoms with Crippen molar-refractivity contribution >= 4 is 23.5 Å². The molecule has 20 heavy (non-hydrogen) atoms. The van der Waals surface area contributed by atoms with Crippen LogP contribution in [0.1, 0.15) is 89.9 Å². The van der Waals surface area contributed by atoms with Crippen LogP contribution in [0.4, 0.5) is 0 Å². The van der Waals surface area contributed by atoms with E-state index in [-0.39, 0.29) is 0 Å². The molecule has 4 heteroatoms. The summed E-state index contributed by atoms with van der Waals surface area (Å²) in [5.41, 5.74) is 0. The Morgan fingerprint density at radius 1 is 0.500 bits per heavy atom. The monoisotopic (exact) mass is 278 g/mol. The van der Waals surface area contributed by atoms with E-state index < -0.39 is 0 Å². The van der Waals surface area contributed by atoms with E-state index in [0.717, 1.165) is 6.42 Å². The van der Waals surface area contributed by atoms with E-state index >= 15 is 0 Å². The Labute approximate surface area is 130 Å². The third kappa shape index (κ3) is 18.2. The van der Waals surface area contributed by atoms with Crippen molar-refractivity contribution in [2.24, 2.45) is 0 Å². The average molecular weight is 278 g/mol. The van der Waals surface area contributed by atoms with Gasteiger partial charge in [-0.2, -0.15) is 0 Å². The summed E-state index contributed by atoms with van der Waals surface area (Å²) in [6.45, 7) is 0.371. The van der Waals surface area contributed by atoms with Crippen LogP contribution in [-0.4, -0.2) is 35.3 Å². The van der Waals surface area contributed by atoms with Gasteiger partial charge in [0.1, 0.15) is 0 Å². The number of unbranched alkanes of at least 4 members (excludes halogenated alkanes) is 12. The molecule has 116 valence electrons. The second kappa shape index (κ2) is 14.1. The molecule has 0 aromatic carbocycles. The molecule has 0 amide bonds. The molecule has 0 heterocycles. The summed E-state index contributed by atoms with van der Waals surface area (Å²) in [6, 6.07) is 0. The Kier molecular flexibility index (Phi) is 14.2. The minimum Gasteiger partial charge on any atom is -0.396 e. The summed E-state index contributed by atoms with van der Waals surface area (Å²) in [6.07, 6.45) is 19.1. The third-order valence-corrected chi connectivity index (χ3v) is 4.08. The van der Waals surface area contributed by atoms with E-state index in [1.165, 1.54) is 83.5 Å². The second-order valence-corrected chi connectivity index (χ2v) is 7.63. The van der Waals surface area contributed by atoms with Crippen LogP contribution in [0.25, 0.3) is 0 Å². The molecule has 1 nitrogen and oxygen atoms in total. The van der Waals surface area contributed by atoms with Crippen molar-refractivity contribution in [3.8, 4) is 0 Å². The van der Waals surface area contributed by atoms with Crippen LogP contribution >= 0.6 is 0 Å². The maximum Gasteiger partial charge on any atom is 0.0908 e. The molecule has 0 bridgehead atoms. The van der Waals surface area contributed by atoms with Gasteiger partial charge in [-0.25, -0.2) is 0 Å². The summed E-state index contributed by atoms with van der Waals surface area (Å²) < 4.78 is 0. The molecule has 0 aliphatic carbocycles. The number of hydrogen-bond donors (Lipinski definition) is 1. The van der Waals surface area contributed by atoms with Crippen molar-refractivity contribution in [2.45, 2.75) is 95.0 Å². The fraction of sp³-hybridized carbons (Fsp3) is 1.00. The first-order valence-corrected chi connectivity index (χ1v) is 9.17. The first-order valence-electron chi connectivity index (χ1n) is 9.17. The van der Waals surface area contributed by atoms with Crippen molar-refractivity contribution in [3.05, 3.63) is 0 Å². The van der Waals surface area contributed by atoms with Gasteiger partial charge >= 0.3 is 0 Å². The predicted molar refractivity (Wildman–Crippen MR) is 100 cm³/mol. The van der Waals surface area contributed by atoms with E-state index in [2.05, 4.69) is 23.5 Å². The highest BCUT2D eigenvalue weighted by atomic mass is 16.2.